The fraction of sp³-hybridized carbons (Fsp3) is 0.100. The molecule has 0 aliphatic heterocycles. The minimum atomic E-state index is 0.0308. The third-order valence-electron chi connectivity index (χ3n) is 4.18. The van der Waals surface area contributed by atoms with Crippen LogP contribution in [0, 0.1) is 19.3 Å². The van der Waals surface area contributed by atoms with E-state index in [2.05, 4.69) is 32.0 Å². The molecule has 0 aliphatic rings. The second kappa shape index (κ2) is 6.54. The molecule has 0 unspecified atom stereocenters. The molecule has 0 amide bonds. The molecule has 0 atom stereocenters. The van der Waals surface area contributed by atoms with Gasteiger partial charge in [0.25, 0.3) is 0 Å². The molecule has 2 heterocycles. The van der Waals surface area contributed by atoms with E-state index in [1.165, 1.54) is 22.5 Å². The van der Waals surface area contributed by atoms with E-state index in [4.69, 9.17) is 38.0 Å². The minimum Gasteiger partial charge on any atom is -0.437 e. The van der Waals surface area contributed by atoms with Crippen molar-refractivity contribution in [3.63, 3.8) is 0 Å². The Morgan fingerprint density at radius 1 is 1.04 bits per heavy atom. The SMILES string of the molecule is Cc1ccc(-c2csc(-c3cc4cc(Cl)cc(Cl)c4oc3=N)n2)c(C)c1. The van der Waals surface area contributed by atoms with Gasteiger partial charge < -0.3 is 4.42 Å². The summed E-state index contributed by atoms with van der Waals surface area (Å²) in [7, 11) is 0. The zero-order chi connectivity index (χ0) is 18.4. The van der Waals surface area contributed by atoms with Crippen LogP contribution < -0.4 is 5.55 Å². The molecule has 3 nitrogen and oxygen atoms in total. The summed E-state index contributed by atoms with van der Waals surface area (Å²) in [5.74, 6) is 0. The third-order valence-corrected chi connectivity index (χ3v) is 5.55. The number of rotatable bonds is 2. The molecule has 4 aromatic rings. The van der Waals surface area contributed by atoms with Crippen molar-refractivity contribution in [2.75, 3.05) is 0 Å². The smallest absolute Gasteiger partial charge is 0.222 e. The first-order valence-corrected chi connectivity index (χ1v) is 9.57. The molecule has 2 aromatic carbocycles. The highest BCUT2D eigenvalue weighted by molar-refractivity contribution is 7.13. The van der Waals surface area contributed by atoms with E-state index in [0.29, 0.717) is 21.2 Å². The first-order chi connectivity index (χ1) is 12.4. The summed E-state index contributed by atoms with van der Waals surface area (Å²) in [6.07, 6.45) is 0. The van der Waals surface area contributed by atoms with Gasteiger partial charge in [-0.15, -0.1) is 11.3 Å². The molecule has 0 fully saturated rings. The van der Waals surface area contributed by atoms with Crippen LogP contribution in [-0.4, -0.2) is 4.98 Å². The quantitative estimate of drug-likeness (QED) is 0.410. The Bertz CT molecular complexity index is 1210. The van der Waals surface area contributed by atoms with Crippen LogP contribution in [0.25, 0.3) is 32.8 Å². The van der Waals surface area contributed by atoms with E-state index in [9.17, 15) is 0 Å². The minimum absolute atomic E-state index is 0.0308. The van der Waals surface area contributed by atoms with Crippen LogP contribution in [0.3, 0.4) is 0 Å². The van der Waals surface area contributed by atoms with Gasteiger partial charge in [0.15, 0.2) is 5.58 Å². The number of aryl methyl sites for hydroxylation is 2. The monoisotopic (exact) mass is 400 g/mol. The van der Waals surface area contributed by atoms with Gasteiger partial charge in [0, 0.05) is 21.4 Å². The summed E-state index contributed by atoms with van der Waals surface area (Å²) >= 11 is 13.7. The van der Waals surface area contributed by atoms with Crippen LogP contribution in [0.5, 0.6) is 0 Å². The summed E-state index contributed by atoms with van der Waals surface area (Å²) in [5, 5.41) is 12.6. The Morgan fingerprint density at radius 3 is 2.62 bits per heavy atom. The Morgan fingerprint density at radius 2 is 1.85 bits per heavy atom. The normalized spacial score (nSPS) is 11.2. The number of hydrogen-bond donors (Lipinski definition) is 1. The second-order valence-electron chi connectivity index (χ2n) is 6.15. The van der Waals surface area contributed by atoms with Crippen molar-refractivity contribution in [1.29, 1.82) is 5.41 Å². The average Bonchev–Trinajstić information content (AvgIpc) is 3.04. The number of hydrogen-bond acceptors (Lipinski definition) is 4. The molecule has 4 rings (SSSR count). The first-order valence-electron chi connectivity index (χ1n) is 7.93. The third kappa shape index (κ3) is 3.05. The van der Waals surface area contributed by atoms with Crippen LogP contribution in [0.15, 0.2) is 46.2 Å². The fourth-order valence-electron chi connectivity index (χ4n) is 2.95. The Labute approximate surface area is 164 Å². The Kier molecular flexibility index (Phi) is 4.35. The molecule has 26 heavy (non-hydrogen) atoms. The molecule has 0 spiro atoms. The van der Waals surface area contributed by atoms with Gasteiger partial charge in [-0.3, -0.25) is 5.41 Å². The van der Waals surface area contributed by atoms with Crippen molar-refractivity contribution in [3.05, 3.63) is 68.5 Å². The molecule has 1 N–H and O–H groups in total. The molecule has 0 saturated carbocycles. The van der Waals surface area contributed by atoms with Gasteiger partial charge in [-0.2, -0.15) is 0 Å². The molecular formula is C20H14Cl2N2OS. The van der Waals surface area contributed by atoms with Gasteiger partial charge in [0.1, 0.15) is 5.01 Å². The van der Waals surface area contributed by atoms with Crippen molar-refractivity contribution < 1.29 is 4.42 Å². The van der Waals surface area contributed by atoms with Gasteiger partial charge in [-0.1, -0.05) is 47.0 Å². The second-order valence-corrected chi connectivity index (χ2v) is 7.85. The molecule has 130 valence electrons. The van der Waals surface area contributed by atoms with Gasteiger partial charge in [-0.05, 0) is 37.6 Å². The van der Waals surface area contributed by atoms with Crippen LogP contribution in [-0.2, 0) is 0 Å². The number of benzene rings is 2. The van der Waals surface area contributed by atoms with Crippen LogP contribution in [0.2, 0.25) is 10.0 Å². The van der Waals surface area contributed by atoms with E-state index < -0.39 is 0 Å². The van der Waals surface area contributed by atoms with Gasteiger partial charge in [-0.25, -0.2) is 4.98 Å². The summed E-state index contributed by atoms with van der Waals surface area (Å²) in [4.78, 5) is 4.73. The van der Waals surface area contributed by atoms with E-state index in [0.717, 1.165) is 21.7 Å². The predicted octanol–water partition coefficient (Wildman–Crippen LogP) is 6.63. The standard InChI is InChI=1S/C20H14Cl2N2OS/c1-10-3-4-14(11(2)5-10)17-9-26-20(24-17)15-7-12-6-13(21)8-16(22)18(12)25-19(15)23/h3-9,23H,1-2H3. The molecular weight excluding hydrogens is 387 g/mol. The zero-order valence-electron chi connectivity index (χ0n) is 14.1. The largest absolute Gasteiger partial charge is 0.437 e. The molecule has 0 bridgehead atoms. The topological polar surface area (TPSA) is 49.9 Å². The average molecular weight is 401 g/mol. The highest BCUT2D eigenvalue weighted by Gasteiger charge is 2.14. The van der Waals surface area contributed by atoms with Gasteiger partial charge in [0.05, 0.1) is 16.3 Å². The van der Waals surface area contributed by atoms with Gasteiger partial charge in [0.2, 0.25) is 5.55 Å². The van der Waals surface area contributed by atoms with E-state index >= 15 is 0 Å². The zero-order valence-corrected chi connectivity index (χ0v) is 16.4. The summed E-state index contributed by atoms with van der Waals surface area (Å²) in [6.45, 7) is 4.15. The lowest BCUT2D eigenvalue weighted by atomic mass is 10.0. The van der Waals surface area contributed by atoms with Crippen molar-refractivity contribution in [3.8, 4) is 21.8 Å². The maximum absolute atomic E-state index is 8.23. The number of aromatic nitrogens is 1. The fourth-order valence-corrected chi connectivity index (χ4v) is 4.33. The van der Waals surface area contributed by atoms with Crippen molar-refractivity contribution in [1.82, 2.24) is 4.98 Å². The number of nitrogens with one attached hydrogen (secondary N) is 1. The number of halogens is 2. The lowest BCUT2D eigenvalue weighted by molar-refractivity contribution is 0.536. The van der Waals surface area contributed by atoms with Crippen molar-refractivity contribution in [2.24, 2.45) is 0 Å². The maximum atomic E-state index is 8.23. The molecule has 6 heteroatoms. The number of thiazole rings is 1. The number of nitrogens with zero attached hydrogens (tertiary/aromatic N) is 1. The highest BCUT2D eigenvalue weighted by atomic mass is 35.5. The maximum Gasteiger partial charge on any atom is 0.222 e. The van der Waals surface area contributed by atoms with E-state index in [-0.39, 0.29) is 5.55 Å². The lowest BCUT2D eigenvalue weighted by Crippen LogP contribution is -2.03. The first kappa shape index (κ1) is 17.3. The van der Waals surface area contributed by atoms with Crippen LogP contribution in [0.1, 0.15) is 11.1 Å². The molecule has 0 saturated heterocycles. The van der Waals surface area contributed by atoms with Crippen molar-refractivity contribution in [2.45, 2.75) is 13.8 Å². The Hall–Kier alpha value is -2.14. The van der Waals surface area contributed by atoms with Crippen molar-refractivity contribution >= 4 is 45.5 Å². The summed E-state index contributed by atoms with van der Waals surface area (Å²) in [5.41, 5.74) is 5.49. The summed E-state index contributed by atoms with van der Waals surface area (Å²) < 4.78 is 5.63. The lowest BCUT2D eigenvalue weighted by Gasteiger charge is -2.05. The highest BCUT2D eigenvalue weighted by Crippen LogP contribution is 2.33. The van der Waals surface area contributed by atoms with Crippen LogP contribution in [0.4, 0.5) is 0 Å². The molecule has 2 aromatic heterocycles. The van der Waals surface area contributed by atoms with Crippen LogP contribution >= 0.6 is 34.5 Å². The Balaban J connectivity index is 1.85. The molecule has 0 aliphatic carbocycles. The number of fused-ring (bicyclic) bond motifs is 1. The van der Waals surface area contributed by atoms with Gasteiger partial charge >= 0.3 is 0 Å². The van der Waals surface area contributed by atoms with E-state index in [1.54, 1.807) is 12.1 Å². The summed E-state index contributed by atoms with van der Waals surface area (Å²) in [6, 6.07) is 11.5. The predicted molar refractivity (Wildman–Crippen MR) is 108 cm³/mol. The van der Waals surface area contributed by atoms with E-state index in [1.807, 2.05) is 11.4 Å². The molecule has 0 radical (unpaired) electrons.